The van der Waals surface area contributed by atoms with Crippen molar-refractivity contribution in [2.75, 3.05) is 13.2 Å². The van der Waals surface area contributed by atoms with Gasteiger partial charge in [-0.05, 0) is 53.6 Å². The number of halogens is 3. The van der Waals surface area contributed by atoms with E-state index in [-0.39, 0.29) is 31.0 Å². The molecule has 0 aliphatic carbocycles. The molecule has 4 aromatic rings. The summed E-state index contributed by atoms with van der Waals surface area (Å²) >= 11 is 3.60. The van der Waals surface area contributed by atoms with Gasteiger partial charge >= 0.3 is 0 Å². The standard InChI is InChI=1S/C33H30BrF2N3O4/c34-27-11-5-4-10-24(27)20-33(32(41)39-37-21-26-28(35)12-6-13-29(26)36)30(22-8-2-1-3-9-22)43-31(38-33)23-14-16-25(17-15-23)42-19-7-18-40/h1-6,8-17,30,37,40H,7,18-21H2,(H,39,41)/t30-,33-/m0/s1. The molecule has 0 unspecified atom stereocenters. The molecule has 43 heavy (non-hydrogen) atoms. The first-order valence-corrected chi connectivity index (χ1v) is 14.6. The summed E-state index contributed by atoms with van der Waals surface area (Å²) in [7, 11) is 0. The van der Waals surface area contributed by atoms with E-state index in [2.05, 4.69) is 26.8 Å². The van der Waals surface area contributed by atoms with Crippen LogP contribution >= 0.6 is 15.9 Å². The Morgan fingerprint density at radius 3 is 2.35 bits per heavy atom. The fourth-order valence-electron chi connectivity index (χ4n) is 4.86. The molecule has 222 valence electrons. The monoisotopic (exact) mass is 649 g/mol. The summed E-state index contributed by atoms with van der Waals surface area (Å²) in [5.74, 6) is -1.09. The van der Waals surface area contributed by atoms with E-state index < -0.39 is 29.2 Å². The second kappa shape index (κ2) is 13.9. The van der Waals surface area contributed by atoms with Crippen LogP contribution in [0.2, 0.25) is 0 Å². The molecule has 0 fully saturated rings. The maximum Gasteiger partial charge on any atom is 0.266 e. The molecule has 0 bridgehead atoms. The van der Waals surface area contributed by atoms with Crippen LogP contribution in [0.4, 0.5) is 8.78 Å². The Hall–Kier alpha value is -4.12. The third-order valence-corrected chi connectivity index (χ3v) is 7.85. The van der Waals surface area contributed by atoms with Crippen molar-refractivity contribution in [1.82, 2.24) is 10.9 Å². The number of hydrazine groups is 1. The van der Waals surface area contributed by atoms with E-state index in [0.717, 1.165) is 27.7 Å². The van der Waals surface area contributed by atoms with Crippen molar-refractivity contribution in [3.05, 3.63) is 135 Å². The fraction of sp³-hybridized carbons (Fsp3) is 0.212. The molecular weight excluding hydrogens is 620 g/mol. The first kappa shape index (κ1) is 30.3. The zero-order valence-corrected chi connectivity index (χ0v) is 24.7. The lowest BCUT2D eigenvalue weighted by atomic mass is 9.82. The van der Waals surface area contributed by atoms with Crippen LogP contribution in [0.5, 0.6) is 5.75 Å². The summed E-state index contributed by atoms with van der Waals surface area (Å²) in [6.07, 6.45) is -0.162. The van der Waals surface area contributed by atoms with Crippen LogP contribution in [0, 0.1) is 11.6 Å². The van der Waals surface area contributed by atoms with Gasteiger partial charge < -0.3 is 14.6 Å². The van der Waals surface area contributed by atoms with Crippen LogP contribution < -0.4 is 15.6 Å². The number of aliphatic hydroxyl groups excluding tert-OH is 1. The summed E-state index contributed by atoms with van der Waals surface area (Å²) in [5, 5.41) is 9.02. The normalized spacial score (nSPS) is 17.7. The van der Waals surface area contributed by atoms with E-state index in [1.807, 2.05) is 54.6 Å². The first-order chi connectivity index (χ1) is 20.9. The predicted octanol–water partition coefficient (Wildman–Crippen LogP) is 5.81. The van der Waals surface area contributed by atoms with Crippen LogP contribution in [0.15, 0.2) is 107 Å². The number of hydrogen-bond acceptors (Lipinski definition) is 6. The van der Waals surface area contributed by atoms with Gasteiger partial charge in [0.15, 0.2) is 11.6 Å². The molecule has 1 aliphatic rings. The number of carbonyl (C=O) groups is 1. The molecule has 0 aromatic heterocycles. The minimum atomic E-state index is -1.50. The van der Waals surface area contributed by atoms with Gasteiger partial charge in [0.05, 0.1) is 6.61 Å². The lowest BCUT2D eigenvalue weighted by Crippen LogP contribution is -2.53. The van der Waals surface area contributed by atoms with Crippen LogP contribution in [-0.4, -0.2) is 35.7 Å². The lowest BCUT2D eigenvalue weighted by molar-refractivity contribution is -0.130. The number of benzene rings is 4. The zero-order valence-electron chi connectivity index (χ0n) is 23.1. The Bertz CT molecular complexity index is 1570. The van der Waals surface area contributed by atoms with Crippen molar-refractivity contribution in [2.24, 2.45) is 4.99 Å². The highest BCUT2D eigenvalue weighted by molar-refractivity contribution is 9.10. The van der Waals surface area contributed by atoms with E-state index in [0.29, 0.717) is 24.3 Å². The summed E-state index contributed by atoms with van der Waals surface area (Å²) in [5.41, 5.74) is 5.83. The minimum Gasteiger partial charge on any atom is -0.494 e. The Morgan fingerprint density at radius 2 is 1.65 bits per heavy atom. The van der Waals surface area contributed by atoms with Gasteiger partial charge in [0.1, 0.15) is 17.4 Å². The summed E-state index contributed by atoms with van der Waals surface area (Å²) in [6.45, 7) is 0.137. The molecule has 2 atom stereocenters. The molecule has 1 aliphatic heterocycles. The minimum absolute atomic E-state index is 0.0371. The molecular formula is C33H30BrF2N3O4. The third kappa shape index (κ3) is 6.93. The number of amides is 1. The second-order valence-corrected chi connectivity index (χ2v) is 10.8. The lowest BCUT2D eigenvalue weighted by Gasteiger charge is -2.31. The summed E-state index contributed by atoms with van der Waals surface area (Å²) < 4.78 is 41.4. The molecule has 4 aromatic carbocycles. The number of hydrogen-bond donors (Lipinski definition) is 3. The van der Waals surface area contributed by atoms with Crippen molar-refractivity contribution in [1.29, 1.82) is 0 Å². The molecule has 5 rings (SSSR count). The SMILES string of the molecule is O=C(NNCc1c(F)cccc1F)[C@@]1(Cc2ccccc2Br)N=C(c2ccc(OCCCO)cc2)O[C@H]1c1ccccc1. The number of nitrogens with one attached hydrogen (secondary N) is 2. The highest BCUT2D eigenvalue weighted by atomic mass is 79.9. The number of carbonyl (C=O) groups excluding carboxylic acids is 1. The molecule has 0 saturated carbocycles. The maximum atomic E-state index is 14.3. The Balaban J connectivity index is 1.51. The quantitative estimate of drug-likeness (QED) is 0.133. The van der Waals surface area contributed by atoms with Crippen molar-refractivity contribution < 1.29 is 28.2 Å². The Morgan fingerprint density at radius 1 is 0.953 bits per heavy atom. The van der Waals surface area contributed by atoms with Crippen LogP contribution in [0.25, 0.3) is 0 Å². The molecule has 10 heteroatoms. The van der Waals surface area contributed by atoms with Crippen molar-refractivity contribution >= 4 is 27.7 Å². The molecule has 1 heterocycles. The van der Waals surface area contributed by atoms with Gasteiger partial charge in [-0.1, -0.05) is 70.5 Å². The van der Waals surface area contributed by atoms with E-state index in [1.165, 1.54) is 6.07 Å². The van der Waals surface area contributed by atoms with E-state index >= 15 is 0 Å². The molecule has 1 amide bonds. The van der Waals surface area contributed by atoms with Gasteiger partial charge in [0.2, 0.25) is 5.90 Å². The summed E-state index contributed by atoms with van der Waals surface area (Å²) in [6, 6.07) is 27.6. The van der Waals surface area contributed by atoms with Crippen molar-refractivity contribution in [2.45, 2.75) is 31.0 Å². The number of nitrogens with zero attached hydrogens (tertiary/aromatic N) is 1. The fourth-order valence-corrected chi connectivity index (χ4v) is 5.29. The van der Waals surface area contributed by atoms with Gasteiger partial charge in [-0.25, -0.2) is 19.2 Å². The van der Waals surface area contributed by atoms with Crippen molar-refractivity contribution in [3.63, 3.8) is 0 Å². The number of aliphatic hydroxyl groups is 1. The largest absolute Gasteiger partial charge is 0.494 e. The predicted molar refractivity (Wildman–Crippen MR) is 162 cm³/mol. The van der Waals surface area contributed by atoms with E-state index in [1.54, 1.807) is 24.3 Å². The molecule has 7 nitrogen and oxygen atoms in total. The van der Waals surface area contributed by atoms with Gasteiger partial charge in [-0.3, -0.25) is 10.2 Å². The van der Waals surface area contributed by atoms with E-state index in [9.17, 15) is 13.6 Å². The van der Waals surface area contributed by atoms with Crippen LogP contribution in [0.1, 0.15) is 34.8 Å². The highest BCUT2D eigenvalue weighted by Crippen LogP contribution is 2.43. The average Bonchev–Trinajstić information content (AvgIpc) is 3.41. The molecule has 0 spiro atoms. The zero-order chi connectivity index (χ0) is 30.2. The first-order valence-electron chi connectivity index (χ1n) is 13.8. The van der Waals surface area contributed by atoms with Gasteiger partial charge in [-0.15, -0.1) is 0 Å². The number of rotatable bonds is 12. The molecule has 0 saturated heterocycles. The van der Waals surface area contributed by atoms with Gasteiger partial charge in [-0.2, -0.15) is 0 Å². The number of ether oxygens (including phenoxy) is 2. The molecule has 0 radical (unpaired) electrons. The van der Waals surface area contributed by atoms with Gasteiger partial charge in [0, 0.05) is 41.6 Å². The maximum absolute atomic E-state index is 14.3. The second-order valence-electron chi connectivity index (χ2n) is 9.98. The average molecular weight is 651 g/mol. The smallest absolute Gasteiger partial charge is 0.266 e. The summed E-state index contributed by atoms with van der Waals surface area (Å²) in [4.78, 5) is 19.1. The topological polar surface area (TPSA) is 92.2 Å². The van der Waals surface area contributed by atoms with Crippen molar-refractivity contribution in [3.8, 4) is 5.75 Å². The Labute approximate surface area is 256 Å². The van der Waals surface area contributed by atoms with Crippen LogP contribution in [-0.2, 0) is 22.5 Å². The van der Waals surface area contributed by atoms with Gasteiger partial charge in [0.25, 0.3) is 5.91 Å². The van der Waals surface area contributed by atoms with E-state index in [4.69, 9.17) is 19.6 Å². The van der Waals surface area contributed by atoms with Crippen LogP contribution in [0.3, 0.4) is 0 Å². The molecule has 3 N–H and O–H groups in total. The highest BCUT2D eigenvalue weighted by Gasteiger charge is 2.53. The number of aliphatic imine (C=N–C) groups is 1. The Kier molecular flexibility index (Phi) is 9.81. The third-order valence-electron chi connectivity index (χ3n) is 7.08.